The maximum atomic E-state index is 6.62. The van der Waals surface area contributed by atoms with E-state index < -0.39 is 0 Å². The number of halogens is 3. The summed E-state index contributed by atoms with van der Waals surface area (Å²) >= 11 is 19.0. The summed E-state index contributed by atoms with van der Waals surface area (Å²) in [6, 6.07) is 13.1. The van der Waals surface area contributed by atoms with Gasteiger partial charge in [0.05, 0.1) is 16.4 Å². The molecule has 2 aromatic heterocycles. The average Bonchev–Trinajstić information content (AvgIpc) is 3.45. The molecule has 8 heteroatoms. The minimum absolute atomic E-state index is 0.0367. The number of aromatic nitrogens is 4. The summed E-state index contributed by atoms with van der Waals surface area (Å²) in [4.78, 5) is 0. The van der Waals surface area contributed by atoms with E-state index in [1.165, 1.54) is 38.5 Å². The Morgan fingerprint density at radius 3 is 2.14 bits per heavy atom. The summed E-state index contributed by atoms with van der Waals surface area (Å²) in [5.41, 5.74) is 4.21. The molecule has 0 saturated heterocycles. The molecule has 0 spiro atoms. The zero-order valence-corrected chi connectivity index (χ0v) is 22.1. The Hall–Kier alpha value is -2.34. The summed E-state index contributed by atoms with van der Waals surface area (Å²) in [7, 11) is 0. The number of nitrogens with zero attached hydrogens (tertiary/aromatic N) is 4. The minimum atomic E-state index is 0.0367. The van der Waals surface area contributed by atoms with Gasteiger partial charge >= 0.3 is 0 Å². The number of rotatable bonds is 4. The molecule has 4 bridgehead atoms. The zero-order chi connectivity index (χ0) is 24.6. The molecule has 4 saturated carbocycles. The molecule has 5 nitrogen and oxygen atoms in total. The first-order valence-corrected chi connectivity index (χ1v) is 13.7. The highest BCUT2D eigenvalue weighted by atomic mass is 35.5. The van der Waals surface area contributed by atoms with Gasteiger partial charge in [0.25, 0.3) is 5.89 Å². The van der Waals surface area contributed by atoms with Crippen LogP contribution in [-0.2, 0) is 5.41 Å². The van der Waals surface area contributed by atoms with Crippen LogP contribution in [-0.4, -0.2) is 20.0 Å². The van der Waals surface area contributed by atoms with Gasteiger partial charge in [0.1, 0.15) is 0 Å². The molecule has 0 aliphatic heterocycles. The van der Waals surface area contributed by atoms with Gasteiger partial charge in [0.15, 0.2) is 5.69 Å². The van der Waals surface area contributed by atoms with E-state index in [9.17, 15) is 0 Å². The van der Waals surface area contributed by atoms with Crippen LogP contribution >= 0.6 is 34.8 Å². The normalized spacial score (nSPS) is 26.6. The third-order valence-corrected chi connectivity index (χ3v) is 9.29. The Balaban J connectivity index is 1.35. The summed E-state index contributed by atoms with van der Waals surface area (Å²) in [6.07, 6.45) is 7.63. The molecule has 0 radical (unpaired) electrons. The van der Waals surface area contributed by atoms with E-state index in [0.29, 0.717) is 26.7 Å². The maximum absolute atomic E-state index is 6.62. The van der Waals surface area contributed by atoms with E-state index in [0.717, 1.165) is 46.2 Å². The predicted molar refractivity (Wildman–Crippen MR) is 142 cm³/mol. The van der Waals surface area contributed by atoms with Crippen molar-refractivity contribution < 1.29 is 4.42 Å². The quantitative estimate of drug-likeness (QED) is 0.261. The van der Waals surface area contributed by atoms with Crippen LogP contribution in [0.3, 0.4) is 0 Å². The van der Waals surface area contributed by atoms with Crippen molar-refractivity contribution in [2.24, 2.45) is 17.8 Å². The molecule has 8 rings (SSSR count). The summed E-state index contributed by atoms with van der Waals surface area (Å²) < 4.78 is 8.31. The van der Waals surface area contributed by atoms with Crippen LogP contribution in [0.5, 0.6) is 0 Å². The van der Waals surface area contributed by atoms with E-state index in [1.54, 1.807) is 6.07 Å². The van der Waals surface area contributed by atoms with Crippen LogP contribution in [0.2, 0.25) is 15.1 Å². The van der Waals surface area contributed by atoms with Crippen molar-refractivity contribution in [3.05, 3.63) is 69.0 Å². The third kappa shape index (κ3) is 3.62. The van der Waals surface area contributed by atoms with E-state index in [-0.39, 0.29) is 5.41 Å². The molecule has 4 aromatic rings. The first kappa shape index (κ1) is 22.8. The Kier molecular flexibility index (Phi) is 5.29. The Morgan fingerprint density at radius 2 is 1.50 bits per heavy atom. The van der Waals surface area contributed by atoms with Crippen molar-refractivity contribution in [1.82, 2.24) is 20.0 Å². The van der Waals surface area contributed by atoms with Crippen molar-refractivity contribution in [2.45, 2.75) is 50.9 Å². The van der Waals surface area contributed by atoms with Crippen molar-refractivity contribution in [3.8, 4) is 28.5 Å². The average molecular weight is 540 g/mol. The van der Waals surface area contributed by atoms with Gasteiger partial charge in [0.2, 0.25) is 5.89 Å². The third-order valence-electron chi connectivity index (χ3n) is 8.50. The first-order chi connectivity index (χ1) is 17.4. The van der Waals surface area contributed by atoms with Crippen LogP contribution < -0.4 is 0 Å². The van der Waals surface area contributed by atoms with Gasteiger partial charge in [-0.1, -0.05) is 46.9 Å². The largest absolute Gasteiger partial charge is 0.419 e. The standard InChI is InChI=1S/C28H25Cl3N4O/c1-15-24(26-32-33-27(36-26)28-12-16-8-17(13-28)10-18(9-16)14-28)34-35(23-7-6-21(30)11-22(23)31)25(15)19-2-4-20(29)5-3-19/h2-7,11,16-18H,8-10,12-14H2,1H3. The Morgan fingerprint density at radius 1 is 0.861 bits per heavy atom. The van der Waals surface area contributed by atoms with Crippen LogP contribution in [0.25, 0.3) is 28.5 Å². The molecule has 36 heavy (non-hydrogen) atoms. The molecule has 0 atom stereocenters. The molecule has 2 aromatic carbocycles. The lowest BCUT2D eigenvalue weighted by Crippen LogP contribution is -2.48. The van der Waals surface area contributed by atoms with Crippen molar-refractivity contribution in [3.63, 3.8) is 0 Å². The van der Waals surface area contributed by atoms with Crippen molar-refractivity contribution in [1.29, 1.82) is 0 Å². The SMILES string of the molecule is Cc1c(-c2nnc(C34CC5CC(CC(C5)C3)C4)o2)nn(-c2ccc(Cl)cc2Cl)c1-c1ccc(Cl)cc1. The smallest absolute Gasteiger partial charge is 0.268 e. The van der Waals surface area contributed by atoms with Gasteiger partial charge in [0, 0.05) is 26.6 Å². The van der Waals surface area contributed by atoms with E-state index in [1.807, 2.05) is 48.0 Å². The number of benzene rings is 2. The molecule has 184 valence electrons. The Bertz CT molecular complexity index is 1440. The maximum Gasteiger partial charge on any atom is 0.268 e. The fourth-order valence-electron chi connectivity index (χ4n) is 7.38. The van der Waals surface area contributed by atoms with Gasteiger partial charge in [-0.05, 0) is 93.5 Å². The second-order valence-electron chi connectivity index (χ2n) is 10.9. The summed E-state index contributed by atoms with van der Waals surface area (Å²) in [5.74, 6) is 3.66. The van der Waals surface area contributed by atoms with Gasteiger partial charge in [-0.3, -0.25) is 0 Å². The molecule has 0 unspecified atom stereocenters. The van der Waals surface area contributed by atoms with E-state index in [2.05, 4.69) is 10.2 Å². The van der Waals surface area contributed by atoms with Crippen LogP contribution in [0.1, 0.15) is 50.0 Å². The predicted octanol–water partition coefficient (Wildman–Crippen LogP) is 8.33. The second-order valence-corrected chi connectivity index (χ2v) is 12.2. The highest BCUT2D eigenvalue weighted by molar-refractivity contribution is 6.35. The zero-order valence-electron chi connectivity index (χ0n) is 19.8. The molecule has 4 aliphatic carbocycles. The fraction of sp³-hybridized carbons (Fsp3) is 0.393. The highest BCUT2D eigenvalue weighted by Gasteiger charge is 2.54. The monoisotopic (exact) mass is 538 g/mol. The van der Waals surface area contributed by atoms with Crippen LogP contribution in [0.4, 0.5) is 0 Å². The lowest BCUT2D eigenvalue weighted by molar-refractivity contribution is -0.0176. The number of hydrogen-bond donors (Lipinski definition) is 0. The van der Waals surface area contributed by atoms with Gasteiger partial charge in [-0.15, -0.1) is 10.2 Å². The molecule has 4 fully saturated rings. The molecule has 0 N–H and O–H groups in total. The molecule has 2 heterocycles. The summed E-state index contributed by atoms with van der Waals surface area (Å²) in [5, 5.41) is 15.9. The fourth-order valence-corrected chi connectivity index (χ4v) is 7.99. The second kappa shape index (κ2) is 8.34. The molecular weight excluding hydrogens is 515 g/mol. The van der Waals surface area contributed by atoms with Gasteiger partial charge in [-0.25, -0.2) is 4.68 Å². The molecule has 4 aliphatic rings. The summed E-state index contributed by atoms with van der Waals surface area (Å²) in [6.45, 7) is 2.03. The highest BCUT2D eigenvalue weighted by Crippen LogP contribution is 2.60. The van der Waals surface area contributed by atoms with Gasteiger partial charge < -0.3 is 4.42 Å². The molecular formula is C28H25Cl3N4O. The topological polar surface area (TPSA) is 56.7 Å². The minimum Gasteiger partial charge on any atom is -0.419 e. The molecule has 0 amide bonds. The van der Waals surface area contributed by atoms with Crippen molar-refractivity contribution >= 4 is 34.8 Å². The van der Waals surface area contributed by atoms with Crippen LogP contribution in [0.15, 0.2) is 46.9 Å². The van der Waals surface area contributed by atoms with E-state index >= 15 is 0 Å². The Labute approximate surface area is 224 Å². The van der Waals surface area contributed by atoms with Gasteiger partial charge in [-0.2, -0.15) is 5.10 Å². The van der Waals surface area contributed by atoms with Crippen molar-refractivity contribution in [2.75, 3.05) is 0 Å². The first-order valence-electron chi connectivity index (χ1n) is 12.5. The van der Waals surface area contributed by atoms with E-state index in [4.69, 9.17) is 44.3 Å². The van der Waals surface area contributed by atoms with Crippen LogP contribution in [0, 0.1) is 24.7 Å². The lowest BCUT2D eigenvalue weighted by Gasteiger charge is -2.55. The number of hydrogen-bond acceptors (Lipinski definition) is 4. The lowest BCUT2D eigenvalue weighted by atomic mass is 9.49.